The number of anilines is 2. The molecule has 2 heterocycles. The number of ether oxygens (including phenoxy) is 2. The van der Waals surface area contributed by atoms with Crippen molar-refractivity contribution >= 4 is 34.2 Å². The van der Waals surface area contributed by atoms with Crippen molar-refractivity contribution in [1.29, 1.82) is 0 Å². The van der Waals surface area contributed by atoms with Crippen molar-refractivity contribution in [3.05, 3.63) is 89.8 Å². The van der Waals surface area contributed by atoms with Gasteiger partial charge in [0.05, 0.1) is 17.1 Å². The summed E-state index contributed by atoms with van der Waals surface area (Å²) in [6.07, 6.45) is -4.93. The number of benzene rings is 3. The van der Waals surface area contributed by atoms with Gasteiger partial charge in [0, 0.05) is 11.8 Å². The molecule has 1 aliphatic heterocycles. The second-order valence-electron chi connectivity index (χ2n) is 10.2. The summed E-state index contributed by atoms with van der Waals surface area (Å²) in [6, 6.07) is 14.9. The van der Waals surface area contributed by atoms with Crippen molar-refractivity contribution in [2.24, 2.45) is 4.99 Å². The monoisotopic (exact) mass is 644 g/mol. The van der Waals surface area contributed by atoms with Gasteiger partial charge < -0.3 is 19.9 Å². The van der Waals surface area contributed by atoms with Crippen molar-refractivity contribution in [1.82, 2.24) is 14.8 Å². The summed E-state index contributed by atoms with van der Waals surface area (Å²) >= 11 is 1.20. The average molecular weight is 645 g/mol. The number of thioether (sulfide) groups is 1. The van der Waals surface area contributed by atoms with Crippen molar-refractivity contribution in [2.45, 2.75) is 46.0 Å². The van der Waals surface area contributed by atoms with E-state index in [0.29, 0.717) is 16.5 Å². The van der Waals surface area contributed by atoms with Crippen LogP contribution in [0.15, 0.2) is 72.0 Å². The van der Waals surface area contributed by atoms with E-state index in [1.165, 1.54) is 51.9 Å². The topological polar surface area (TPSA) is 114 Å². The van der Waals surface area contributed by atoms with E-state index in [2.05, 4.69) is 25.1 Å². The number of amidine groups is 1. The lowest BCUT2D eigenvalue weighted by Crippen LogP contribution is -2.32. The molecule has 10 nitrogen and oxygen atoms in total. The van der Waals surface area contributed by atoms with Gasteiger partial charge in [-0.25, -0.2) is 19.0 Å². The standard InChI is InChI=1S/C30H28F4N6O4S/c1-17(2)22-10-4-18(3)12-24(22)40-27(41)15-45-29(40)37-28(42)36-19-5-11-25(23(31)13-19)43-14-26-35-16-39(38-26)20-6-8-21(9-7-20)44-30(32,33)34/h4-13,16-17,28,36,42H,14-15H2,1-3H3/b37-29-. The number of halogens is 4. The van der Waals surface area contributed by atoms with E-state index in [-0.39, 0.29) is 47.2 Å². The second kappa shape index (κ2) is 13.2. The number of amides is 1. The minimum atomic E-state index is -4.80. The highest BCUT2D eigenvalue weighted by atomic mass is 32.2. The molecule has 1 fully saturated rings. The zero-order valence-electron chi connectivity index (χ0n) is 24.2. The third-order valence-corrected chi connectivity index (χ3v) is 7.44. The number of alkyl halides is 3. The normalized spacial score (nSPS) is 15.2. The van der Waals surface area contributed by atoms with E-state index < -0.39 is 18.5 Å². The van der Waals surface area contributed by atoms with Gasteiger partial charge >= 0.3 is 6.36 Å². The summed E-state index contributed by atoms with van der Waals surface area (Å²) in [7, 11) is 0. The lowest BCUT2D eigenvalue weighted by molar-refractivity contribution is -0.274. The molecule has 2 N–H and O–H groups in total. The maximum Gasteiger partial charge on any atom is 0.573 e. The van der Waals surface area contributed by atoms with E-state index in [0.717, 1.165) is 29.3 Å². The van der Waals surface area contributed by atoms with Crippen LogP contribution in [0.25, 0.3) is 5.69 Å². The Morgan fingerprint density at radius 1 is 1.11 bits per heavy atom. The van der Waals surface area contributed by atoms with E-state index >= 15 is 0 Å². The fourth-order valence-electron chi connectivity index (χ4n) is 4.45. The molecule has 4 aromatic rings. The molecule has 5 rings (SSSR count). The van der Waals surface area contributed by atoms with Crippen molar-refractivity contribution < 1.29 is 36.9 Å². The SMILES string of the molecule is Cc1ccc(C(C)C)c(N2C(=O)CS/C2=N\C(O)Nc2ccc(OCc3ncn(-c4ccc(OC(F)(F)F)cc4)n3)c(F)c2)c1. The highest BCUT2D eigenvalue weighted by Crippen LogP contribution is 2.34. The van der Waals surface area contributed by atoms with Crippen molar-refractivity contribution in [3.63, 3.8) is 0 Å². The van der Waals surface area contributed by atoms with Gasteiger partial charge in [-0.1, -0.05) is 37.7 Å². The van der Waals surface area contributed by atoms with Crippen LogP contribution in [0, 0.1) is 12.7 Å². The fraction of sp³-hybridized carbons (Fsp3) is 0.267. The Kier molecular flexibility index (Phi) is 9.29. The van der Waals surface area contributed by atoms with Crippen LogP contribution in [0.2, 0.25) is 0 Å². The Bertz CT molecular complexity index is 1710. The number of aryl methyl sites for hydroxylation is 1. The summed E-state index contributed by atoms with van der Waals surface area (Å²) in [6.45, 7) is 5.80. The number of aliphatic imine (C=N–C) groups is 1. The number of aliphatic hydroxyl groups is 1. The molecule has 45 heavy (non-hydrogen) atoms. The van der Waals surface area contributed by atoms with Crippen LogP contribution in [0.1, 0.15) is 36.7 Å². The lowest BCUT2D eigenvalue weighted by atomic mass is 9.99. The summed E-state index contributed by atoms with van der Waals surface area (Å²) in [4.78, 5) is 22.7. The molecule has 1 aromatic heterocycles. The number of aliphatic hydroxyl groups excluding tert-OH is 1. The minimum Gasteiger partial charge on any atom is -0.482 e. The number of hydrogen-bond acceptors (Lipinski definition) is 9. The van der Waals surface area contributed by atoms with Gasteiger partial charge in [-0.05, 0) is 66.4 Å². The first kappa shape index (κ1) is 31.8. The molecule has 0 radical (unpaired) electrons. The van der Waals surface area contributed by atoms with Gasteiger partial charge in [0.15, 0.2) is 22.6 Å². The zero-order chi connectivity index (χ0) is 32.3. The fourth-order valence-corrected chi connectivity index (χ4v) is 5.34. The number of carbonyl (C=O) groups is 1. The first-order valence-corrected chi connectivity index (χ1v) is 14.6. The highest BCUT2D eigenvalue weighted by Gasteiger charge is 2.33. The predicted molar refractivity (Wildman–Crippen MR) is 161 cm³/mol. The molecule has 236 valence electrons. The maximum absolute atomic E-state index is 14.8. The minimum absolute atomic E-state index is 0.102. The summed E-state index contributed by atoms with van der Waals surface area (Å²) in [5, 5.41) is 17.9. The quantitative estimate of drug-likeness (QED) is 0.156. The van der Waals surface area contributed by atoms with Gasteiger partial charge in [-0.2, -0.15) is 0 Å². The molecule has 0 aliphatic carbocycles. The lowest BCUT2D eigenvalue weighted by Gasteiger charge is -2.23. The van der Waals surface area contributed by atoms with Gasteiger partial charge in [0.2, 0.25) is 12.3 Å². The molecule has 0 spiro atoms. The Morgan fingerprint density at radius 3 is 2.56 bits per heavy atom. The second-order valence-corrected chi connectivity index (χ2v) is 11.2. The Balaban J connectivity index is 1.21. The highest BCUT2D eigenvalue weighted by molar-refractivity contribution is 8.15. The molecule has 0 saturated carbocycles. The number of nitrogens with zero attached hydrogens (tertiary/aromatic N) is 5. The molecule has 3 aromatic carbocycles. The number of hydrogen-bond donors (Lipinski definition) is 2. The number of rotatable bonds is 10. The molecule has 15 heteroatoms. The van der Waals surface area contributed by atoms with Gasteiger partial charge in [0.25, 0.3) is 0 Å². The first-order valence-electron chi connectivity index (χ1n) is 13.6. The first-order chi connectivity index (χ1) is 21.4. The number of nitrogens with one attached hydrogen (secondary N) is 1. The van der Waals surface area contributed by atoms with Crippen molar-refractivity contribution in [2.75, 3.05) is 16.0 Å². The molecule has 1 unspecified atom stereocenters. The van der Waals surface area contributed by atoms with Gasteiger partial charge in [-0.15, -0.1) is 18.3 Å². The molecule has 1 amide bonds. The predicted octanol–water partition coefficient (Wildman–Crippen LogP) is 6.14. The summed E-state index contributed by atoms with van der Waals surface area (Å²) < 4.78 is 62.6. The maximum atomic E-state index is 14.8. The summed E-state index contributed by atoms with van der Waals surface area (Å²) in [5.41, 5.74) is 3.31. The van der Waals surface area contributed by atoms with Crippen molar-refractivity contribution in [3.8, 4) is 17.2 Å². The van der Waals surface area contributed by atoms with E-state index in [1.54, 1.807) is 0 Å². The average Bonchev–Trinajstić information content (AvgIpc) is 3.58. The third-order valence-electron chi connectivity index (χ3n) is 6.51. The Hall–Kier alpha value is -4.63. The van der Waals surface area contributed by atoms with Crippen LogP contribution in [0.4, 0.5) is 28.9 Å². The third kappa shape index (κ3) is 7.91. The molecule has 1 aliphatic rings. The van der Waals surface area contributed by atoms with E-state index in [4.69, 9.17) is 4.74 Å². The smallest absolute Gasteiger partial charge is 0.482 e. The summed E-state index contributed by atoms with van der Waals surface area (Å²) in [5.74, 6) is -0.836. The number of carbonyl (C=O) groups excluding carboxylic acids is 1. The van der Waals surface area contributed by atoms with Gasteiger partial charge in [0.1, 0.15) is 18.7 Å². The van der Waals surface area contributed by atoms with Crippen LogP contribution < -0.4 is 19.7 Å². The van der Waals surface area contributed by atoms with E-state index in [9.17, 15) is 27.5 Å². The zero-order valence-corrected chi connectivity index (χ0v) is 25.1. The molecular formula is C30H28F4N6O4S. The number of aromatic nitrogens is 3. The molecule has 1 atom stereocenters. The van der Waals surface area contributed by atoms with E-state index in [1.807, 2.05) is 39.0 Å². The molecule has 1 saturated heterocycles. The van der Waals surface area contributed by atoms with Crippen LogP contribution >= 0.6 is 11.8 Å². The van der Waals surface area contributed by atoms with Crippen LogP contribution in [-0.2, 0) is 11.4 Å². The largest absolute Gasteiger partial charge is 0.573 e. The van der Waals surface area contributed by atoms with Crippen LogP contribution in [0.5, 0.6) is 11.5 Å². The Morgan fingerprint density at radius 2 is 1.87 bits per heavy atom. The van der Waals surface area contributed by atoms with Crippen LogP contribution in [0.3, 0.4) is 0 Å². The van der Waals surface area contributed by atoms with Gasteiger partial charge in [-0.3, -0.25) is 9.69 Å². The molecule has 0 bridgehead atoms. The molecular weight excluding hydrogens is 616 g/mol. The Labute approximate surface area is 259 Å². The van der Waals surface area contributed by atoms with Crippen LogP contribution in [-0.4, -0.2) is 49.4 Å².